The summed E-state index contributed by atoms with van der Waals surface area (Å²) in [5.41, 5.74) is 1.23. The summed E-state index contributed by atoms with van der Waals surface area (Å²) >= 11 is 0. The second-order valence-electron chi connectivity index (χ2n) is 3.98. The average molecular weight is 258 g/mol. The van der Waals surface area contributed by atoms with Gasteiger partial charge in [-0.25, -0.2) is 0 Å². The number of carbonyl (C=O) groups is 1. The van der Waals surface area contributed by atoms with Crippen molar-refractivity contribution in [2.45, 2.75) is 6.61 Å². The Morgan fingerprint density at radius 2 is 1.79 bits per heavy atom. The van der Waals surface area contributed by atoms with Crippen molar-refractivity contribution in [2.75, 3.05) is 7.11 Å². The highest BCUT2D eigenvalue weighted by molar-refractivity contribution is 5.79. The van der Waals surface area contributed by atoms with Crippen molar-refractivity contribution in [1.29, 1.82) is 0 Å². The molecule has 0 amide bonds. The van der Waals surface area contributed by atoms with Crippen LogP contribution in [0.4, 0.5) is 0 Å². The van der Waals surface area contributed by atoms with Gasteiger partial charge in [0.05, 0.1) is 12.7 Å². The lowest BCUT2D eigenvalue weighted by Crippen LogP contribution is -1.96. The highest BCUT2D eigenvalue weighted by atomic mass is 16.5. The number of hydrogen-bond donors (Lipinski definition) is 1. The van der Waals surface area contributed by atoms with E-state index in [1.54, 1.807) is 13.2 Å². The van der Waals surface area contributed by atoms with E-state index in [2.05, 4.69) is 0 Å². The van der Waals surface area contributed by atoms with Crippen LogP contribution in [0, 0.1) is 0 Å². The number of phenols is 1. The number of aldehydes is 1. The zero-order valence-electron chi connectivity index (χ0n) is 10.5. The third-order valence-corrected chi connectivity index (χ3v) is 2.69. The quantitative estimate of drug-likeness (QED) is 0.838. The molecule has 0 aliphatic heterocycles. The normalized spacial score (nSPS) is 9.95. The molecule has 0 aliphatic rings. The van der Waals surface area contributed by atoms with E-state index >= 15 is 0 Å². The van der Waals surface area contributed by atoms with Crippen LogP contribution in [0.25, 0.3) is 0 Å². The van der Waals surface area contributed by atoms with Gasteiger partial charge in [-0.1, -0.05) is 12.1 Å². The van der Waals surface area contributed by atoms with Gasteiger partial charge in [-0.15, -0.1) is 0 Å². The number of rotatable bonds is 5. The zero-order valence-corrected chi connectivity index (χ0v) is 10.5. The highest BCUT2D eigenvalue weighted by Gasteiger charge is 2.03. The summed E-state index contributed by atoms with van der Waals surface area (Å²) < 4.78 is 10.6. The first-order valence-corrected chi connectivity index (χ1v) is 5.77. The standard InChI is InChI=1S/C15H14O4/c1-18-13-5-2-11(3-6-13)10-19-14-7-4-12(9-16)15(17)8-14/h2-9,17H,10H2,1H3. The van der Waals surface area contributed by atoms with Crippen molar-refractivity contribution in [2.24, 2.45) is 0 Å². The van der Waals surface area contributed by atoms with Crippen molar-refractivity contribution < 1.29 is 19.4 Å². The van der Waals surface area contributed by atoms with Gasteiger partial charge in [0.15, 0.2) is 6.29 Å². The topological polar surface area (TPSA) is 55.8 Å². The summed E-state index contributed by atoms with van der Waals surface area (Å²) in [4.78, 5) is 10.6. The molecule has 4 nitrogen and oxygen atoms in total. The summed E-state index contributed by atoms with van der Waals surface area (Å²) in [6.07, 6.45) is 0.600. The van der Waals surface area contributed by atoms with Crippen molar-refractivity contribution in [3.05, 3.63) is 53.6 Å². The van der Waals surface area contributed by atoms with Crippen molar-refractivity contribution >= 4 is 6.29 Å². The summed E-state index contributed by atoms with van der Waals surface area (Å²) in [6, 6.07) is 12.1. The predicted octanol–water partition coefficient (Wildman–Crippen LogP) is 2.79. The van der Waals surface area contributed by atoms with Gasteiger partial charge < -0.3 is 14.6 Å². The molecule has 2 rings (SSSR count). The van der Waals surface area contributed by atoms with Crippen molar-refractivity contribution in [1.82, 2.24) is 0 Å². The Morgan fingerprint density at radius 1 is 1.11 bits per heavy atom. The second kappa shape index (κ2) is 5.91. The van der Waals surface area contributed by atoms with Crippen LogP contribution in [0.15, 0.2) is 42.5 Å². The van der Waals surface area contributed by atoms with E-state index in [1.165, 1.54) is 12.1 Å². The van der Waals surface area contributed by atoms with Gasteiger partial charge in [0, 0.05) is 6.07 Å². The van der Waals surface area contributed by atoms with Gasteiger partial charge in [-0.05, 0) is 29.8 Å². The Bertz CT molecular complexity index is 561. The van der Waals surface area contributed by atoms with Gasteiger partial charge >= 0.3 is 0 Å². The minimum Gasteiger partial charge on any atom is -0.507 e. The molecule has 0 atom stereocenters. The summed E-state index contributed by atoms with van der Waals surface area (Å²) in [5.74, 6) is 1.22. The van der Waals surface area contributed by atoms with Gasteiger partial charge in [0.1, 0.15) is 23.9 Å². The van der Waals surface area contributed by atoms with Crippen LogP contribution < -0.4 is 9.47 Å². The number of aromatic hydroxyl groups is 1. The van der Waals surface area contributed by atoms with E-state index in [0.717, 1.165) is 11.3 Å². The second-order valence-corrected chi connectivity index (χ2v) is 3.98. The number of ether oxygens (including phenoxy) is 2. The van der Waals surface area contributed by atoms with Crippen LogP contribution in [0.1, 0.15) is 15.9 Å². The van der Waals surface area contributed by atoms with Gasteiger partial charge in [-0.3, -0.25) is 4.79 Å². The smallest absolute Gasteiger partial charge is 0.153 e. The molecule has 19 heavy (non-hydrogen) atoms. The molecule has 0 bridgehead atoms. The van der Waals surface area contributed by atoms with E-state index in [9.17, 15) is 9.90 Å². The Hall–Kier alpha value is -2.49. The number of hydrogen-bond acceptors (Lipinski definition) is 4. The summed E-state index contributed by atoms with van der Waals surface area (Å²) in [6.45, 7) is 0.379. The number of phenolic OH excluding ortho intramolecular Hbond substituents is 1. The fraction of sp³-hybridized carbons (Fsp3) is 0.133. The molecule has 0 fully saturated rings. The fourth-order valence-electron chi connectivity index (χ4n) is 1.60. The first kappa shape index (κ1) is 13.0. The monoisotopic (exact) mass is 258 g/mol. The molecule has 0 aliphatic carbocycles. The molecular weight excluding hydrogens is 244 g/mol. The molecule has 0 unspecified atom stereocenters. The maximum absolute atomic E-state index is 10.6. The molecule has 0 spiro atoms. The number of benzene rings is 2. The maximum atomic E-state index is 10.6. The Kier molecular flexibility index (Phi) is 4.03. The Balaban J connectivity index is 2.01. The minimum absolute atomic E-state index is 0.0813. The number of carbonyl (C=O) groups excluding carboxylic acids is 1. The molecular formula is C15H14O4. The van der Waals surface area contributed by atoms with Crippen LogP contribution in [0.3, 0.4) is 0 Å². The third kappa shape index (κ3) is 3.25. The van der Waals surface area contributed by atoms with Gasteiger partial charge in [0.2, 0.25) is 0 Å². The fourth-order valence-corrected chi connectivity index (χ4v) is 1.60. The molecule has 0 saturated carbocycles. The maximum Gasteiger partial charge on any atom is 0.153 e. The molecule has 0 radical (unpaired) electrons. The van der Waals surface area contributed by atoms with E-state index in [1.807, 2.05) is 24.3 Å². The summed E-state index contributed by atoms with van der Waals surface area (Å²) in [5, 5.41) is 9.53. The van der Waals surface area contributed by atoms with Crippen molar-refractivity contribution in [3.63, 3.8) is 0 Å². The van der Waals surface area contributed by atoms with Crippen LogP contribution in [-0.4, -0.2) is 18.5 Å². The first-order chi connectivity index (χ1) is 9.22. The van der Waals surface area contributed by atoms with E-state index in [-0.39, 0.29) is 11.3 Å². The van der Waals surface area contributed by atoms with Crippen LogP contribution in [0.5, 0.6) is 17.2 Å². The van der Waals surface area contributed by atoms with Crippen LogP contribution in [-0.2, 0) is 6.61 Å². The van der Waals surface area contributed by atoms with E-state index in [4.69, 9.17) is 9.47 Å². The lowest BCUT2D eigenvalue weighted by molar-refractivity contribution is 0.112. The SMILES string of the molecule is COc1ccc(COc2ccc(C=O)c(O)c2)cc1. The number of methoxy groups -OCH3 is 1. The molecule has 2 aromatic rings. The minimum atomic E-state index is -0.0813. The molecule has 4 heteroatoms. The predicted molar refractivity (Wildman–Crippen MR) is 70.8 cm³/mol. The summed E-state index contributed by atoms with van der Waals surface area (Å²) in [7, 11) is 1.61. The average Bonchev–Trinajstić information content (AvgIpc) is 2.46. The van der Waals surface area contributed by atoms with E-state index in [0.29, 0.717) is 18.6 Å². The van der Waals surface area contributed by atoms with Gasteiger partial charge in [0.25, 0.3) is 0 Å². The largest absolute Gasteiger partial charge is 0.507 e. The van der Waals surface area contributed by atoms with Crippen LogP contribution >= 0.6 is 0 Å². The highest BCUT2D eigenvalue weighted by Crippen LogP contribution is 2.23. The molecule has 2 aromatic carbocycles. The lowest BCUT2D eigenvalue weighted by atomic mass is 10.2. The van der Waals surface area contributed by atoms with Crippen LogP contribution in [0.2, 0.25) is 0 Å². The molecule has 0 aromatic heterocycles. The Morgan fingerprint density at radius 3 is 2.37 bits per heavy atom. The zero-order chi connectivity index (χ0) is 13.7. The molecule has 1 N–H and O–H groups in total. The molecule has 98 valence electrons. The third-order valence-electron chi connectivity index (χ3n) is 2.69. The molecule has 0 saturated heterocycles. The Labute approximate surface area is 111 Å². The molecule has 0 heterocycles. The lowest BCUT2D eigenvalue weighted by Gasteiger charge is -2.08. The van der Waals surface area contributed by atoms with Gasteiger partial charge in [-0.2, -0.15) is 0 Å². The van der Waals surface area contributed by atoms with Crippen molar-refractivity contribution in [3.8, 4) is 17.2 Å². The van der Waals surface area contributed by atoms with E-state index < -0.39 is 0 Å². The first-order valence-electron chi connectivity index (χ1n) is 5.77.